The van der Waals surface area contributed by atoms with E-state index >= 15 is 0 Å². The predicted octanol–water partition coefficient (Wildman–Crippen LogP) is 7.80. The fourth-order valence-electron chi connectivity index (χ4n) is 8.71. The summed E-state index contributed by atoms with van der Waals surface area (Å²) in [6.45, 7) is 10.0. The van der Waals surface area contributed by atoms with Gasteiger partial charge < -0.3 is 5.11 Å². The second-order valence-electron chi connectivity index (χ2n) is 12.1. The van der Waals surface area contributed by atoms with Crippen molar-refractivity contribution in [2.45, 2.75) is 104 Å². The number of alkyl halides is 1. The third kappa shape index (κ3) is 3.89. The van der Waals surface area contributed by atoms with Crippen LogP contribution in [0.25, 0.3) is 0 Å². The lowest BCUT2D eigenvalue weighted by Gasteiger charge is -2.59. The van der Waals surface area contributed by atoms with Gasteiger partial charge in [-0.05, 0) is 92.3 Å². The molecule has 166 valence electrons. The van der Waals surface area contributed by atoms with E-state index in [0.29, 0.717) is 10.8 Å². The maximum absolute atomic E-state index is 10.3. The van der Waals surface area contributed by atoms with Crippen LogP contribution in [0.5, 0.6) is 0 Å². The molecule has 0 aliphatic heterocycles. The van der Waals surface area contributed by atoms with E-state index in [-0.39, 0.29) is 6.10 Å². The lowest BCUT2D eigenvalue weighted by Crippen LogP contribution is -2.52. The zero-order valence-corrected chi connectivity index (χ0v) is 21.6. The van der Waals surface area contributed by atoms with Gasteiger partial charge in [-0.2, -0.15) is 0 Å². The maximum Gasteiger partial charge on any atom is 0.0577 e. The van der Waals surface area contributed by atoms with E-state index in [1.165, 1.54) is 62.2 Å². The summed E-state index contributed by atoms with van der Waals surface area (Å²) >= 11 is 2.68. The molecular formula is C27H45IO. The van der Waals surface area contributed by atoms with E-state index in [9.17, 15) is 5.11 Å². The van der Waals surface area contributed by atoms with E-state index in [2.05, 4.69) is 56.4 Å². The molecule has 3 saturated carbocycles. The molecule has 1 nitrogen and oxygen atoms in total. The average molecular weight is 513 g/mol. The highest BCUT2D eigenvalue weighted by molar-refractivity contribution is 14.1. The molecule has 29 heavy (non-hydrogen) atoms. The molecule has 0 radical (unpaired) electrons. The van der Waals surface area contributed by atoms with Gasteiger partial charge in [0, 0.05) is 9.84 Å². The zero-order valence-electron chi connectivity index (χ0n) is 19.4. The Kier molecular flexibility index (Phi) is 6.83. The molecule has 4 aliphatic carbocycles. The van der Waals surface area contributed by atoms with Crippen LogP contribution in [0.4, 0.5) is 0 Å². The zero-order chi connectivity index (χ0) is 20.8. The van der Waals surface area contributed by atoms with Crippen LogP contribution in [0.15, 0.2) is 11.6 Å². The number of rotatable bonds is 6. The Balaban J connectivity index is 1.51. The van der Waals surface area contributed by atoms with Crippen LogP contribution in [-0.4, -0.2) is 15.6 Å². The minimum atomic E-state index is -0.0784. The highest BCUT2D eigenvalue weighted by Crippen LogP contribution is 2.67. The van der Waals surface area contributed by atoms with Gasteiger partial charge >= 0.3 is 0 Å². The first-order valence-electron chi connectivity index (χ1n) is 12.8. The lowest BCUT2D eigenvalue weighted by atomic mass is 9.47. The molecule has 2 heteroatoms. The van der Waals surface area contributed by atoms with Gasteiger partial charge in [-0.25, -0.2) is 0 Å². The van der Waals surface area contributed by atoms with Crippen molar-refractivity contribution in [1.29, 1.82) is 0 Å². The van der Waals surface area contributed by atoms with Crippen molar-refractivity contribution >= 4 is 22.6 Å². The third-order valence-corrected chi connectivity index (χ3v) is 11.6. The Labute approximate surface area is 194 Å². The summed E-state index contributed by atoms with van der Waals surface area (Å²) in [5, 5.41) is 10.3. The first-order valence-corrected chi connectivity index (χ1v) is 14.3. The molecule has 0 saturated heterocycles. The minimum Gasteiger partial charge on any atom is -0.393 e. The molecule has 0 spiro atoms. The maximum atomic E-state index is 10.3. The predicted molar refractivity (Wildman–Crippen MR) is 132 cm³/mol. The van der Waals surface area contributed by atoms with Crippen LogP contribution >= 0.6 is 22.6 Å². The van der Waals surface area contributed by atoms with Crippen LogP contribution in [0.2, 0.25) is 0 Å². The molecule has 0 aromatic carbocycles. The fourth-order valence-corrected chi connectivity index (χ4v) is 10.1. The summed E-state index contributed by atoms with van der Waals surface area (Å²) in [5.74, 6) is 5.46. The highest BCUT2D eigenvalue weighted by atomic mass is 127. The van der Waals surface area contributed by atoms with Crippen molar-refractivity contribution in [2.75, 3.05) is 4.43 Å². The second-order valence-corrected chi connectivity index (χ2v) is 12.8. The largest absolute Gasteiger partial charge is 0.393 e. The molecule has 8 atom stereocenters. The van der Waals surface area contributed by atoms with Crippen LogP contribution in [0.1, 0.15) is 98.3 Å². The molecule has 1 N–H and O–H groups in total. The first kappa shape index (κ1) is 22.6. The number of aliphatic hydroxyl groups excluding tert-OH is 1. The van der Waals surface area contributed by atoms with Crippen LogP contribution in [0.3, 0.4) is 0 Å². The molecule has 0 bridgehead atoms. The van der Waals surface area contributed by atoms with Gasteiger partial charge in [0.1, 0.15) is 0 Å². The monoisotopic (exact) mass is 512 g/mol. The number of fused-ring (bicyclic) bond motifs is 5. The number of aliphatic hydroxyl groups is 1. The lowest BCUT2D eigenvalue weighted by molar-refractivity contribution is -0.0548. The van der Waals surface area contributed by atoms with Crippen LogP contribution in [-0.2, 0) is 0 Å². The molecule has 0 aromatic rings. The van der Waals surface area contributed by atoms with Gasteiger partial charge in [-0.1, -0.05) is 81.2 Å². The Morgan fingerprint density at radius 2 is 1.86 bits per heavy atom. The topological polar surface area (TPSA) is 20.2 Å². The summed E-state index contributed by atoms with van der Waals surface area (Å²) in [6, 6.07) is 0. The van der Waals surface area contributed by atoms with Gasteiger partial charge in [-0.15, -0.1) is 0 Å². The van der Waals surface area contributed by atoms with E-state index in [4.69, 9.17) is 0 Å². The van der Waals surface area contributed by atoms with Gasteiger partial charge in [0.2, 0.25) is 0 Å². The molecule has 0 aromatic heterocycles. The Morgan fingerprint density at radius 3 is 2.59 bits per heavy atom. The number of allylic oxidation sites excluding steroid dienone is 1. The summed E-state index contributed by atoms with van der Waals surface area (Å²) in [4.78, 5) is 0. The molecule has 0 heterocycles. The quantitative estimate of drug-likeness (QED) is 0.219. The Morgan fingerprint density at radius 1 is 1.07 bits per heavy atom. The Hall–Kier alpha value is 0.430. The van der Waals surface area contributed by atoms with Crippen molar-refractivity contribution in [3.8, 4) is 0 Å². The molecule has 0 unspecified atom stereocenters. The van der Waals surface area contributed by atoms with E-state index in [1.54, 1.807) is 5.57 Å². The first-order chi connectivity index (χ1) is 13.8. The molecule has 4 aliphatic rings. The molecule has 0 amide bonds. The summed E-state index contributed by atoms with van der Waals surface area (Å²) in [6.07, 6.45) is 17.2. The van der Waals surface area contributed by atoms with Crippen molar-refractivity contribution in [3.63, 3.8) is 0 Å². The van der Waals surface area contributed by atoms with Crippen molar-refractivity contribution < 1.29 is 5.11 Å². The normalized spacial score (nSPS) is 45.3. The van der Waals surface area contributed by atoms with Gasteiger partial charge in [-0.3, -0.25) is 0 Å². The molecular weight excluding hydrogens is 467 g/mol. The van der Waals surface area contributed by atoms with E-state index in [1.807, 2.05) is 0 Å². The summed E-state index contributed by atoms with van der Waals surface area (Å²) < 4.78 is 1.27. The smallest absolute Gasteiger partial charge is 0.0577 e. The van der Waals surface area contributed by atoms with Gasteiger partial charge in [0.15, 0.2) is 0 Å². The highest BCUT2D eigenvalue weighted by Gasteiger charge is 2.59. The number of hydrogen-bond donors (Lipinski definition) is 1. The molecule has 3 fully saturated rings. The van der Waals surface area contributed by atoms with Crippen molar-refractivity contribution in [1.82, 2.24) is 0 Å². The summed E-state index contributed by atoms with van der Waals surface area (Å²) in [7, 11) is 0. The average Bonchev–Trinajstić information content (AvgIpc) is 3.04. The SMILES string of the molecule is CC(C)CCC[C@H](C)[C@H]1CC[C@@H]2[C@@H]3CC=C4C[C@@H](O)CC[C@]4(CI)[C@@H]3CC[C@@]21C. The van der Waals surface area contributed by atoms with Crippen molar-refractivity contribution in [2.24, 2.45) is 46.3 Å². The molecule has 4 rings (SSSR count). The third-order valence-electron chi connectivity index (χ3n) is 10.2. The number of halogens is 1. The van der Waals surface area contributed by atoms with Crippen LogP contribution < -0.4 is 0 Å². The van der Waals surface area contributed by atoms with Gasteiger partial charge in [0.25, 0.3) is 0 Å². The summed E-state index contributed by atoms with van der Waals surface area (Å²) in [5.41, 5.74) is 2.65. The van der Waals surface area contributed by atoms with Crippen LogP contribution in [0, 0.1) is 46.3 Å². The van der Waals surface area contributed by atoms with Crippen molar-refractivity contribution in [3.05, 3.63) is 11.6 Å². The minimum absolute atomic E-state index is 0.0784. The Bertz CT molecular complexity index is 612. The fraction of sp³-hybridized carbons (Fsp3) is 0.926. The van der Waals surface area contributed by atoms with E-state index in [0.717, 1.165) is 48.3 Å². The standard InChI is InChI=1S/C27H45IO/c1-18(2)6-5-7-19(3)23-10-11-24-22-9-8-20-16-21(29)12-15-27(20,17-28)25(22)13-14-26(23,24)4/h8,18-19,21-25,29H,5-7,9-17H2,1-4H3/t19-,21-,22-,23+,24+,25+,26+,27+/m0/s1. The number of hydrogen-bond acceptors (Lipinski definition) is 1. The second kappa shape index (κ2) is 8.75. The van der Waals surface area contributed by atoms with E-state index < -0.39 is 0 Å². The van der Waals surface area contributed by atoms with Gasteiger partial charge in [0.05, 0.1) is 6.10 Å².